The highest BCUT2D eigenvalue weighted by Crippen LogP contribution is 2.17. The topological polar surface area (TPSA) is 83.1 Å². The van der Waals surface area contributed by atoms with Crippen molar-refractivity contribution < 1.29 is 28.5 Å². The van der Waals surface area contributed by atoms with Crippen molar-refractivity contribution in [1.82, 2.24) is 5.32 Å². The van der Waals surface area contributed by atoms with E-state index in [4.69, 9.17) is 18.9 Å². The Balaban J connectivity index is 3.98. The Kier molecular flexibility index (Phi) is 15.5. The summed E-state index contributed by atoms with van der Waals surface area (Å²) in [7, 11) is 1.60. The van der Waals surface area contributed by atoms with Crippen LogP contribution in [0.4, 0.5) is 0 Å². The lowest BCUT2D eigenvalue weighted by molar-refractivity contribution is -0.151. The van der Waals surface area contributed by atoms with Crippen LogP contribution >= 0.6 is 0 Å². The predicted octanol–water partition coefficient (Wildman–Crippen LogP) is 1.79. The smallest absolute Gasteiger partial charge is 0.309 e. The largest absolute Gasteiger partial charge is 0.463 e. The number of hydrogen-bond donors (Lipinski definition) is 1. The molecule has 0 heterocycles. The summed E-state index contributed by atoms with van der Waals surface area (Å²) < 4.78 is 20.7. The van der Waals surface area contributed by atoms with Crippen LogP contribution in [0.5, 0.6) is 0 Å². The third kappa shape index (κ3) is 12.8. The van der Waals surface area contributed by atoms with Gasteiger partial charge in [0.2, 0.25) is 5.91 Å². The van der Waals surface area contributed by atoms with Gasteiger partial charge >= 0.3 is 5.97 Å². The molecule has 0 aliphatic carbocycles. The van der Waals surface area contributed by atoms with E-state index in [1.165, 1.54) is 0 Å². The summed E-state index contributed by atoms with van der Waals surface area (Å²) in [4.78, 5) is 24.2. The zero-order valence-electron chi connectivity index (χ0n) is 16.2. The average molecular weight is 361 g/mol. The summed E-state index contributed by atoms with van der Waals surface area (Å²) in [6.45, 7) is 9.04. The molecule has 0 bridgehead atoms. The second-order valence-corrected chi connectivity index (χ2v) is 5.92. The molecule has 0 aromatic heterocycles. The van der Waals surface area contributed by atoms with Gasteiger partial charge in [-0.25, -0.2) is 0 Å². The third-order valence-corrected chi connectivity index (χ3v) is 3.71. The fourth-order valence-electron chi connectivity index (χ4n) is 2.19. The summed E-state index contributed by atoms with van der Waals surface area (Å²) in [5.41, 5.74) is 0. The molecule has 7 nitrogen and oxygen atoms in total. The third-order valence-electron chi connectivity index (χ3n) is 3.71. The van der Waals surface area contributed by atoms with Crippen LogP contribution in [0.25, 0.3) is 0 Å². The van der Waals surface area contributed by atoms with Crippen molar-refractivity contribution >= 4 is 11.9 Å². The molecule has 0 saturated heterocycles. The number of hydrogen-bond acceptors (Lipinski definition) is 6. The van der Waals surface area contributed by atoms with Crippen LogP contribution < -0.4 is 5.32 Å². The summed E-state index contributed by atoms with van der Waals surface area (Å²) in [5.74, 6) is -0.865. The van der Waals surface area contributed by atoms with E-state index in [1.54, 1.807) is 7.11 Å². The van der Waals surface area contributed by atoms with E-state index in [0.29, 0.717) is 52.4 Å². The minimum absolute atomic E-state index is 0.0609. The molecule has 2 unspecified atom stereocenters. The minimum Gasteiger partial charge on any atom is -0.463 e. The van der Waals surface area contributed by atoms with Gasteiger partial charge in [-0.2, -0.15) is 0 Å². The Morgan fingerprint density at radius 2 is 1.64 bits per heavy atom. The van der Waals surface area contributed by atoms with E-state index in [9.17, 15) is 9.59 Å². The molecule has 7 heteroatoms. The van der Waals surface area contributed by atoms with Gasteiger partial charge in [-0.3, -0.25) is 9.59 Å². The van der Waals surface area contributed by atoms with E-state index in [2.05, 4.69) is 5.32 Å². The predicted molar refractivity (Wildman–Crippen MR) is 95.3 cm³/mol. The van der Waals surface area contributed by atoms with Crippen LogP contribution in [0.1, 0.15) is 40.0 Å². The fourth-order valence-corrected chi connectivity index (χ4v) is 2.19. The van der Waals surface area contributed by atoms with E-state index in [0.717, 1.165) is 6.42 Å². The van der Waals surface area contributed by atoms with Gasteiger partial charge in [0.05, 0.1) is 32.3 Å². The van der Waals surface area contributed by atoms with E-state index in [-0.39, 0.29) is 30.3 Å². The summed E-state index contributed by atoms with van der Waals surface area (Å²) >= 11 is 0. The van der Waals surface area contributed by atoms with Crippen LogP contribution in [-0.4, -0.2) is 65.2 Å². The molecule has 0 rings (SSSR count). The van der Waals surface area contributed by atoms with Crippen LogP contribution in [0, 0.1) is 11.8 Å². The number of esters is 1. The van der Waals surface area contributed by atoms with Crippen molar-refractivity contribution in [2.24, 2.45) is 11.8 Å². The Hall–Kier alpha value is -1.18. The number of rotatable bonds is 16. The monoisotopic (exact) mass is 361 g/mol. The SMILES string of the molecule is CCCOCCNC(=O)C(C)CC(CC)C(=O)OCCOCCOC. The quantitative estimate of drug-likeness (QED) is 0.333. The first-order valence-electron chi connectivity index (χ1n) is 9.15. The maximum atomic E-state index is 12.1. The van der Waals surface area contributed by atoms with Crippen molar-refractivity contribution in [2.45, 2.75) is 40.0 Å². The molecule has 1 N–H and O–H groups in total. The lowest BCUT2D eigenvalue weighted by atomic mass is 9.93. The normalized spacial score (nSPS) is 13.3. The Morgan fingerprint density at radius 1 is 0.960 bits per heavy atom. The molecule has 0 spiro atoms. The van der Waals surface area contributed by atoms with Gasteiger partial charge in [-0.1, -0.05) is 20.8 Å². The molecule has 0 aromatic carbocycles. The number of methoxy groups -OCH3 is 1. The van der Waals surface area contributed by atoms with Gasteiger partial charge in [0.25, 0.3) is 0 Å². The number of nitrogens with one attached hydrogen (secondary N) is 1. The molecular formula is C18H35NO6. The van der Waals surface area contributed by atoms with Gasteiger partial charge < -0.3 is 24.3 Å². The molecule has 0 fully saturated rings. The van der Waals surface area contributed by atoms with Gasteiger partial charge in [-0.15, -0.1) is 0 Å². The van der Waals surface area contributed by atoms with E-state index in [1.807, 2.05) is 20.8 Å². The maximum absolute atomic E-state index is 12.1. The highest BCUT2D eigenvalue weighted by Gasteiger charge is 2.24. The van der Waals surface area contributed by atoms with Crippen molar-refractivity contribution in [2.75, 3.05) is 53.3 Å². The minimum atomic E-state index is -0.281. The van der Waals surface area contributed by atoms with Gasteiger partial charge in [0, 0.05) is 26.2 Å². The fraction of sp³-hybridized carbons (Fsp3) is 0.889. The van der Waals surface area contributed by atoms with Crippen LogP contribution in [0.15, 0.2) is 0 Å². The summed E-state index contributed by atoms with van der Waals surface area (Å²) in [6.07, 6.45) is 2.07. The van der Waals surface area contributed by atoms with Crippen LogP contribution in [0.3, 0.4) is 0 Å². The second-order valence-electron chi connectivity index (χ2n) is 5.92. The highest BCUT2D eigenvalue weighted by atomic mass is 16.6. The summed E-state index contributed by atoms with van der Waals surface area (Å²) in [5, 5.41) is 2.83. The molecule has 25 heavy (non-hydrogen) atoms. The van der Waals surface area contributed by atoms with Crippen molar-refractivity contribution in [1.29, 1.82) is 0 Å². The van der Waals surface area contributed by atoms with Crippen molar-refractivity contribution in [3.05, 3.63) is 0 Å². The first-order chi connectivity index (χ1) is 12.1. The zero-order chi connectivity index (χ0) is 18.9. The van der Waals surface area contributed by atoms with E-state index >= 15 is 0 Å². The molecular weight excluding hydrogens is 326 g/mol. The number of carbonyl (C=O) groups is 2. The van der Waals surface area contributed by atoms with E-state index < -0.39 is 0 Å². The summed E-state index contributed by atoms with van der Waals surface area (Å²) in [6, 6.07) is 0. The van der Waals surface area contributed by atoms with Crippen LogP contribution in [-0.2, 0) is 28.5 Å². The van der Waals surface area contributed by atoms with Crippen molar-refractivity contribution in [3.8, 4) is 0 Å². The molecule has 0 aliphatic rings. The molecule has 0 radical (unpaired) electrons. The Morgan fingerprint density at radius 3 is 2.28 bits per heavy atom. The molecule has 148 valence electrons. The van der Waals surface area contributed by atoms with Gasteiger partial charge in [0.15, 0.2) is 0 Å². The Bertz CT molecular complexity index is 350. The van der Waals surface area contributed by atoms with Crippen molar-refractivity contribution in [3.63, 3.8) is 0 Å². The number of carbonyl (C=O) groups excluding carboxylic acids is 2. The van der Waals surface area contributed by atoms with Crippen LogP contribution in [0.2, 0.25) is 0 Å². The number of ether oxygens (including phenoxy) is 4. The second kappa shape index (κ2) is 16.3. The standard InChI is InChI=1S/C18H35NO6/c1-5-8-23-9-7-19-17(20)15(3)14-16(6-2)18(21)25-13-12-24-11-10-22-4/h15-16H,5-14H2,1-4H3,(H,19,20). The molecule has 2 atom stereocenters. The lowest BCUT2D eigenvalue weighted by Crippen LogP contribution is -2.34. The first kappa shape index (κ1) is 23.8. The average Bonchev–Trinajstić information content (AvgIpc) is 2.61. The number of amides is 1. The lowest BCUT2D eigenvalue weighted by Gasteiger charge is -2.18. The molecule has 0 aromatic rings. The van der Waals surface area contributed by atoms with Gasteiger partial charge in [-0.05, 0) is 19.3 Å². The maximum Gasteiger partial charge on any atom is 0.309 e. The molecule has 0 saturated carbocycles. The Labute approximate surface area is 151 Å². The van der Waals surface area contributed by atoms with Gasteiger partial charge in [0.1, 0.15) is 6.61 Å². The molecule has 1 amide bonds. The molecule has 0 aliphatic heterocycles. The highest BCUT2D eigenvalue weighted by molar-refractivity contribution is 5.79. The zero-order valence-corrected chi connectivity index (χ0v) is 16.2. The first-order valence-corrected chi connectivity index (χ1v) is 9.15.